The first-order valence-corrected chi connectivity index (χ1v) is 10.1. The Morgan fingerprint density at radius 2 is 1.89 bits per heavy atom. The van der Waals surface area contributed by atoms with Crippen molar-refractivity contribution in [3.63, 3.8) is 0 Å². The maximum Gasteiger partial charge on any atom is 0.248 e. The number of carbonyl (C=O) groups excluding carboxylic acids is 2. The van der Waals surface area contributed by atoms with Crippen molar-refractivity contribution in [2.45, 2.75) is 30.7 Å². The van der Waals surface area contributed by atoms with Crippen LogP contribution in [0.1, 0.15) is 28.8 Å². The number of hydrogen-bond donors (Lipinski definition) is 2. The molecule has 1 unspecified atom stereocenters. The predicted molar refractivity (Wildman–Crippen MR) is 102 cm³/mol. The summed E-state index contributed by atoms with van der Waals surface area (Å²) in [5.41, 5.74) is 5.33. The molecule has 0 bridgehead atoms. The second-order valence-electron chi connectivity index (χ2n) is 6.57. The van der Waals surface area contributed by atoms with Crippen molar-refractivity contribution < 1.29 is 22.4 Å². The van der Waals surface area contributed by atoms with Gasteiger partial charge in [0.25, 0.3) is 0 Å². The lowest BCUT2D eigenvalue weighted by atomic mass is 10.1. The molecule has 2 amide bonds. The van der Waals surface area contributed by atoms with Crippen LogP contribution in [0.3, 0.4) is 0 Å². The highest BCUT2D eigenvalue weighted by molar-refractivity contribution is 7.89. The van der Waals surface area contributed by atoms with Gasteiger partial charge in [0.1, 0.15) is 11.9 Å². The van der Waals surface area contributed by atoms with E-state index in [-0.39, 0.29) is 28.3 Å². The van der Waals surface area contributed by atoms with Crippen LogP contribution in [0.4, 0.5) is 10.1 Å². The van der Waals surface area contributed by atoms with Crippen molar-refractivity contribution in [1.82, 2.24) is 4.31 Å². The predicted octanol–water partition coefficient (Wildman–Crippen LogP) is 2.02. The van der Waals surface area contributed by atoms with E-state index in [2.05, 4.69) is 5.32 Å². The molecular formula is C19H20FN3O4S. The van der Waals surface area contributed by atoms with E-state index in [1.807, 2.05) is 0 Å². The second-order valence-corrected chi connectivity index (χ2v) is 8.46. The van der Waals surface area contributed by atoms with E-state index in [9.17, 15) is 22.4 Å². The Labute approximate surface area is 162 Å². The maximum absolute atomic E-state index is 14.0. The zero-order valence-corrected chi connectivity index (χ0v) is 16.0. The van der Waals surface area contributed by atoms with E-state index in [4.69, 9.17) is 5.73 Å². The van der Waals surface area contributed by atoms with Gasteiger partial charge in [-0.2, -0.15) is 4.31 Å². The van der Waals surface area contributed by atoms with Crippen LogP contribution >= 0.6 is 0 Å². The number of nitrogens with two attached hydrogens (primary N) is 1. The van der Waals surface area contributed by atoms with Crippen molar-refractivity contribution in [1.29, 1.82) is 0 Å². The highest BCUT2D eigenvalue weighted by atomic mass is 32.2. The van der Waals surface area contributed by atoms with Gasteiger partial charge < -0.3 is 11.1 Å². The fourth-order valence-electron chi connectivity index (χ4n) is 3.18. The van der Waals surface area contributed by atoms with Gasteiger partial charge in [-0.1, -0.05) is 18.2 Å². The number of carbonyl (C=O) groups is 2. The molecule has 9 heteroatoms. The highest BCUT2D eigenvalue weighted by Crippen LogP contribution is 2.28. The first kappa shape index (κ1) is 20.0. The summed E-state index contributed by atoms with van der Waals surface area (Å²) in [4.78, 5) is 24.3. The van der Waals surface area contributed by atoms with Crippen LogP contribution in [0.15, 0.2) is 47.4 Å². The summed E-state index contributed by atoms with van der Waals surface area (Å²) in [7, 11) is -3.84. The third-order valence-corrected chi connectivity index (χ3v) is 6.67. The van der Waals surface area contributed by atoms with E-state index >= 15 is 0 Å². The summed E-state index contributed by atoms with van der Waals surface area (Å²) >= 11 is 0. The van der Waals surface area contributed by atoms with Gasteiger partial charge in [0.2, 0.25) is 21.8 Å². The van der Waals surface area contributed by atoms with E-state index in [0.717, 1.165) is 10.4 Å². The van der Waals surface area contributed by atoms with Gasteiger partial charge in [0, 0.05) is 23.4 Å². The van der Waals surface area contributed by atoms with Gasteiger partial charge in [-0.25, -0.2) is 12.8 Å². The normalized spacial score (nSPS) is 17.4. The zero-order valence-electron chi connectivity index (χ0n) is 15.2. The largest absolute Gasteiger partial charge is 0.366 e. The molecule has 1 fully saturated rings. The monoisotopic (exact) mass is 405 g/mol. The third-order valence-electron chi connectivity index (χ3n) is 4.74. The number of nitrogens with one attached hydrogen (secondary N) is 1. The number of sulfonamides is 1. The number of nitrogens with zero attached hydrogens (tertiary/aromatic N) is 1. The summed E-state index contributed by atoms with van der Waals surface area (Å²) in [6.07, 6.45) is 0.869. The molecule has 2 aromatic carbocycles. The molecule has 1 saturated heterocycles. The molecule has 1 heterocycles. The van der Waals surface area contributed by atoms with Gasteiger partial charge in [0.15, 0.2) is 0 Å². The topological polar surface area (TPSA) is 110 Å². The average Bonchev–Trinajstić information content (AvgIpc) is 3.16. The molecule has 7 nitrogen and oxygen atoms in total. The van der Waals surface area contributed by atoms with Crippen LogP contribution in [-0.4, -0.2) is 37.1 Å². The summed E-state index contributed by atoms with van der Waals surface area (Å²) in [5, 5.41) is 2.55. The van der Waals surface area contributed by atoms with Crippen LogP contribution in [0.2, 0.25) is 0 Å². The lowest BCUT2D eigenvalue weighted by molar-refractivity contribution is -0.119. The zero-order chi connectivity index (χ0) is 20.5. The van der Waals surface area contributed by atoms with Gasteiger partial charge >= 0.3 is 0 Å². The van der Waals surface area contributed by atoms with Gasteiger partial charge in [0.05, 0.1) is 4.90 Å². The van der Waals surface area contributed by atoms with Crippen LogP contribution in [0, 0.1) is 12.7 Å². The molecule has 3 N–H and O–H groups in total. The Kier molecular flexibility index (Phi) is 5.48. The van der Waals surface area contributed by atoms with E-state index in [1.54, 1.807) is 18.2 Å². The molecule has 0 saturated carbocycles. The Morgan fingerprint density at radius 1 is 1.21 bits per heavy atom. The second kappa shape index (κ2) is 7.69. The molecule has 148 valence electrons. The smallest absolute Gasteiger partial charge is 0.248 e. The number of hydrogen-bond acceptors (Lipinski definition) is 4. The first-order valence-electron chi connectivity index (χ1n) is 8.69. The summed E-state index contributed by atoms with van der Waals surface area (Å²) in [5.74, 6) is -2.10. The van der Waals surface area contributed by atoms with E-state index < -0.39 is 33.7 Å². The van der Waals surface area contributed by atoms with Crippen molar-refractivity contribution >= 4 is 27.5 Å². The lowest BCUT2D eigenvalue weighted by Gasteiger charge is -2.24. The van der Waals surface area contributed by atoms with Crippen molar-refractivity contribution in [2.75, 3.05) is 11.9 Å². The molecule has 1 aliphatic heterocycles. The fraction of sp³-hybridized carbons (Fsp3) is 0.263. The number of amides is 2. The molecule has 1 atom stereocenters. The molecule has 0 aromatic heterocycles. The molecule has 2 aromatic rings. The molecule has 28 heavy (non-hydrogen) atoms. The van der Waals surface area contributed by atoms with Crippen molar-refractivity contribution in [3.05, 3.63) is 59.4 Å². The number of benzene rings is 2. The minimum atomic E-state index is -3.84. The van der Waals surface area contributed by atoms with Gasteiger partial charge in [-0.05, 0) is 44.0 Å². The highest BCUT2D eigenvalue weighted by Gasteiger charge is 2.39. The molecule has 0 radical (unpaired) electrons. The summed E-state index contributed by atoms with van der Waals surface area (Å²) in [6, 6.07) is 9.22. The maximum atomic E-state index is 14.0. The summed E-state index contributed by atoms with van der Waals surface area (Å²) < 4.78 is 41.0. The van der Waals surface area contributed by atoms with Crippen molar-refractivity contribution in [3.8, 4) is 0 Å². The lowest BCUT2D eigenvalue weighted by Crippen LogP contribution is -2.43. The van der Waals surface area contributed by atoms with Gasteiger partial charge in [-0.3, -0.25) is 9.59 Å². The first-order chi connectivity index (χ1) is 13.2. The molecule has 0 aliphatic carbocycles. The SMILES string of the molecule is Cc1c(F)cc(C(N)=O)cc1NC(=O)C1CCCN1S(=O)(=O)c1ccccc1. The van der Waals surface area contributed by atoms with Crippen LogP contribution in [0.25, 0.3) is 0 Å². The molecular weight excluding hydrogens is 385 g/mol. The molecule has 1 aliphatic rings. The Balaban J connectivity index is 1.88. The minimum Gasteiger partial charge on any atom is -0.366 e. The van der Waals surface area contributed by atoms with E-state index in [0.29, 0.717) is 12.8 Å². The van der Waals surface area contributed by atoms with Crippen molar-refractivity contribution in [2.24, 2.45) is 5.73 Å². The summed E-state index contributed by atoms with van der Waals surface area (Å²) in [6.45, 7) is 1.66. The average molecular weight is 405 g/mol. The minimum absolute atomic E-state index is 0.0846. The Hall–Kier alpha value is -2.78. The number of primary amides is 1. The number of rotatable bonds is 5. The van der Waals surface area contributed by atoms with E-state index in [1.165, 1.54) is 25.1 Å². The third kappa shape index (κ3) is 3.76. The quantitative estimate of drug-likeness (QED) is 0.793. The number of halogens is 1. The fourth-order valence-corrected chi connectivity index (χ4v) is 4.86. The van der Waals surface area contributed by atoms with Crippen LogP contribution in [0.5, 0.6) is 0 Å². The van der Waals surface area contributed by atoms with Crippen LogP contribution < -0.4 is 11.1 Å². The van der Waals surface area contributed by atoms with Crippen LogP contribution in [-0.2, 0) is 14.8 Å². The molecule has 3 rings (SSSR count). The molecule has 0 spiro atoms. The standard InChI is InChI=1S/C19H20FN3O4S/c1-12-15(20)10-13(18(21)24)11-16(12)22-19(25)17-8-5-9-23(17)28(26,27)14-6-3-2-4-7-14/h2-4,6-7,10-11,17H,5,8-9H2,1H3,(H2,21,24)(H,22,25). The number of anilines is 1. The van der Waals surface area contributed by atoms with Gasteiger partial charge in [-0.15, -0.1) is 0 Å². The Bertz CT molecular complexity index is 1020. The Morgan fingerprint density at radius 3 is 2.54 bits per heavy atom.